The molecule has 2 nitrogen and oxygen atoms in total. The summed E-state index contributed by atoms with van der Waals surface area (Å²) in [5.74, 6) is 0. The van der Waals surface area contributed by atoms with Crippen LogP contribution >= 0.6 is 0 Å². The smallest absolute Gasteiger partial charge is 0.358 e. The van der Waals surface area contributed by atoms with Crippen molar-refractivity contribution in [2.24, 2.45) is 0 Å². The number of amides is 1. The summed E-state index contributed by atoms with van der Waals surface area (Å²) < 4.78 is 0. The van der Waals surface area contributed by atoms with Gasteiger partial charge in [-0.25, -0.2) is 0 Å². The van der Waals surface area contributed by atoms with Gasteiger partial charge in [-0.05, 0) is 43.0 Å². The van der Waals surface area contributed by atoms with Crippen molar-refractivity contribution < 1.29 is 26.5 Å². The maximum atomic E-state index is 12.7. The average molecular weight is 386 g/mol. The molecule has 1 aliphatic rings. The van der Waals surface area contributed by atoms with E-state index in [0.717, 1.165) is 0 Å². The minimum atomic E-state index is -1.25. The predicted octanol–water partition coefficient (Wildman–Crippen LogP) is 5.45. The fourth-order valence-corrected chi connectivity index (χ4v) is 5.46. The number of fused-ring (bicyclic) bond motifs is 3. The van der Waals surface area contributed by atoms with Crippen LogP contribution in [-0.4, -0.2) is 19.9 Å². The van der Waals surface area contributed by atoms with Gasteiger partial charge in [0.2, 0.25) is 0 Å². The molecule has 25 heavy (non-hydrogen) atoms. The number of rotatable bonds is 2. The first kappa shape index (κ1) is 23.8. The van der Waals surface area contributed by atoms with Crippen LogP contribution in [0.2, 0.25) is 6.55 Å². The maximum Gasteiger partial charge on any atom is 2.00 e. The molecule has 0 atom stereocenters. The van der Waals surface area contributed by atoms with Crippen molar-refractivity contribution >= 4 is 14.3 Å². The zero-order valence-corrected chi connectivity index (χ0v) is 18.7. The van der Waals surface area contributed by atoms with E-state index in [-0.39, 0.29) is 53.2 Å². The Balaban J connectivity index is 0.00000192. The van der Waals surface area contributed by atoms with Crippen LogP contribution in [0.1, 0.15) is 37.4 Å². The second-order valence-corrected chi connectivity index (χ2v) is 9.39. The summed E-state index contributed by atoms with van der Waals surface area (Å²) in [5, 5.41) is 3.16. The van der Waals surface area contributed by atoms with Crippen LogP contribution in [0.5, 0.6) is 0 Å². The summed E-state index contributed by atoms with van der Waals surface area (Å²) in [6.45, 7) is 8.25. The Bertz CT molecular complexity index is 678. The molecule has 1 aliphatic carbocycles. The molecule has 4 heteroatoms. The molecule has 1 N–H and O–H groups in total. The van der Waals surface area contributed by atoms with Crippen LogP contribution in [0.4, 0.5) is 4.79 Å². The Morgan fingerprint density at radius 3 is 1.72 bits per heavy atom. The number of carbonyl (C=O) groups excluding carboxylic acids is 1. The molecule has 2 aromatic carbocycles. The summed E-state index contributed by atoms with van der Waals surface area (Å²) in [5.41, 5.74) is 5.47. The Morgan fingerprint density at radius 1 is 0.920 bits per heavy atom. The largest absolute Gasteiger partial charge is 2.00 e. The summed E-state index contributed by atoms with van der Waals surface area (Å²) in [6, 6.07) is 17.0. The monoisotopic (exact) mass is 386 g/mol. The fourth-order valence-electron chi connectivity index (χ4n) is 3.19. The van der Waals surface area contributed by atoms with Gasteiger partial charge < -0.3 is 20.2 Å². The van der Waals surface area contributed by atoms with Crippen molar-refractivity contribution in [3.63, 3.8) is 0 Å². The van der Waals surface area contributed by atoms with Gasteiger partial charge in [-0.3, -0.25) is 4.79 Å². The molecule has 0 spiro atoms. The van der Waals surface area contributed by atoms with Crippen LogP contribution in [0.3, 0.4) is 0 Å². The second-order valence-electron chi connectivity index (χ2n) is 6.99. The van der Waals surface area contributed by atoms with Crippen molar-refractivity contribution in [1.82, 2.24) is 5.32 Å². The van der Waals surface area contributed by atoms with Gasteiger partial charge in [-0.15, -0.1) is 0 Å². The van der Waals surface area contributed by atoms with Gasteiger partial charge in [-0.1, -0.05) is 55.1 Å². The van der Waals surface area contributed by atoms with Crippen LogP contribution in [-0.2, 0) is 21.7 Å². The van der Waals surface area contributed by atoms with E-state index < -0.39 is 8.80 Å². The zero-order valence-electron chi connectivity index (χ0n) is 16.1. The second kappa shape index (κ2) is 8.98. The molecule has 2 aromatic rings. The molecule has 131 valence electrons. The minimum absolute atomic E-state index is 0. The molecule has 0 saturated carbocycles. The van der Waals surface area contributed by atoms with Crippen molar-refractivity contribution in [2.75, 3.05) is 0 Å². The SMILES string of the molecule is C[Si](C(=O)NC(C)(C)C)C1c2ccccc2-c2ccccc21.[CH3-].[CH3-].[Ti+2]. The van der Waals surface area contributed by atoms with Gasteiger partial charge in [-0.2, -0.15) is 0 Å². The van der Waals surface area contributed by atoms with E-state index in [9.17, 15) is 4.79 Å². The molecule has 0 heterocycles. The number of carbonyl (C=O) groups is 1. The van der Waals surface area contributed by atoms with E-state index in [2.05, 4.69) is 60.4 Å². The van der Waals surface area contributed by atoms with Crippen molar-refractivity contribution in [3.05, 3.63) is 74.5 Å². The Labute approximate surface area is 169 Å². The molecule has 0 saturated heterocycles. The molecular formula is C21H28NOSiTi. The van der Waals surface area contributed by atoms with Crippen molar-refractivity contribution in [1.29, 1.82) is 0 Å². The number of hydrogen-bond acceptors (Lipinski definition) is 1. The Kier molecular flexibility index (Phi) is 8.56. The molecule has 0 aromatic heterocycles. The van der Waals surface area contributed by atoms with Crippen molar-refractivity contribution in [3.8, 4) is 11.1 Å². The maximum absolute atomic E-state index is 12.7. The van der Waals surface area contributed by atoms with Gasteiger partial charge in [0, 0.05) is 11.1 Å². The molecule has 1 amide bonds. The first-order chi connectivity index (χ1) is 10.4. The predicted molar refractivity (Wildman–Crippen MR) is 106 cm³/mol. The Hall–Kier alpha value is -1.16. The third-order valence-corrected chi connectivity index (χ3v) is 6.44. The molecule has 0 bridgehead atoms. The Morgan fingerprint density at radius 2 is 1.32 bits per heavy atom. The van der Waals surface area contributed by atoms with E-state index in [4.69, 9.17) is 0 Å². The molecule has 0 fully saturated rings. The van der Waals surface area contributed by atoms with E-state index >= 15 is 0 Å². The summed E-state index contributed by atoms with van der Waals surface area (Å²) in [6.07, 6.45) is 0. The average Bonchev–Trinajstić information content (AvgIpc) is 2.79. The van der Waals surface area contributed by atoms with E-state index in [1.807, 2.05) is 20.8 Å². The van der Waals surface area contributed by atoms with Gasteiger partial charge in [0.15, 0.2) is 14.3 Å². The number of benzene rings is 2. The standard InChI is InChI=1S/C19H22NOSi.2CH3.Ti/c1-19(2,3)20-18(21)22(4)17-15-11-7-5-9-13(15)14-10-6-8-12-16(14)17;;;/h5-12,17H,1-4H3,(H,20,21);2*1H3;/q;2*-1;+2. The van der Waals surface area contributed by atoms with Crippen LogP contribution in [0.15, 0.2) is 48.5 Å². The summed E-state index contributed by atoms with van der Waals surface area (Å²) >= 11 is 0. The summed E-state index contributed by atoms with van der Waals surface area (Å²) in [4.78, 5) is 12.7. The van der Waals surface area contributed by atoms with E-state index in [0.29, 0.717) is 0 Å². The molecule has 1 radical (unpaired) electrons. The van der Waals surface area contributed by atoms with Crippen LogP contribution in [0.25, 0.3) is 11.1 Å². The van der Waals surface area contributed by atoms with Crippen LogP contribution in [0, 0.1) is 14.9 Å². The summed E-state index contributed by atoms with van der Waals surface area (Å²) in [7, 11) is -1.25. The molecule has 0 aliphatic heterocycles. The van der Waals surface area contributed by atoms with Gasteiger partial charge >= 0.3 is 21.7 Å². The molecular weight excluding hydrogens is 358 g/mol. The third-order valence-electron chi connectivity index (χ3n) is 4.11. The number of nitrogens with one attached hydrogen (secondary N) is 1. The normalized spacial score (nSPS) is 12.2. The van der Waals surface area contributed by atoms with E-state index in [1.54, 1.807) is 0 Å². The van der Waals surface area contributed by atoms with Gasteiger partial charge in [0.25, 0.3) is 0 Å². The van der Waals surface area contributed by atoms with Crippen LogP contribution < -0.4 is 5.32 Å². The zero-order chi connectivity index (χ0) is 15.9. The third kappa shape index (κ3) is 4.72. The first-order valence-electron chi connectivity index (χ1n) is 7.72. The minimum Gasteiger partial charge on any atom is -0.358 e. The quantitative estimate of drug-likeness (QED) is 0.540. The topological polar surface area (TPSA) is 29.1 Å². The first-order valence-corrected chi connectivity index (χ1v) is 9.80. The fraction of sp³-hybridized carbons (Fsp3) is 0.286. The van der Waals surface area contributed by atoms with E-state index in [1.165, 1.54) is 22.3 Å². The van der Waals surface area contributed by atoms with Crippen molar-refractivity contribution in [2.45, 2.75) is 38.4 Å². The van der Waals surface area contributed by atoms with Gasteiger partial charge in [0.1, 0.15) is 0 Å². The molecule has 3 rings (SSSR count). The molecule has 0 unspecified atom stereocenters. The number of hydrogen-bond donors (Lipinski definition) is 1. The van der Waals surface area contributed by atoms with Gasteiger partial charge in [0.05, 0.1) is 0 Å².